The Morgan fingerprint density at radius 3 is 2.90 bits per heavy atom. The molecule has 0 saturated carbocycles. The van der Waals surface area contributed by atoms with Crippen molar-refractivity contribution in [3.63, 3.8) is 0 Å². The van der Waals surface area contributed by atoms with Gasteiger partial charge in [-0.15, -0.1) is 0 Å². The van der Waals surface area contributed by atoms with Gasteiger partial charge in [0.05, 0.1) is 28.6 Å². The lowest BCUT2D eigenvalue weighted by atomic mass is 10.1. The van der Waals surface area contributed by atoms with Crippen molar-refractivity contribution in [2.45, 2.75) is 19.9 Å². The molecule has 3 aromatic rings. The molecule has 6 nitrogen and oxygen atoms in total. The lowest BCUT2D eigenvalue weighted by molar-refractivity contribution is 0.249. The number of rotatable bonds is 5. The number of aromatic amines is 1. The maximum atomic E-state index is 9.46. The Labute approximate surface area is 126 Å². The number of aliphatic hydroxyl groups excluding tert-OH is 1. The molecule has 0 saturated heterocycles. The minimum atomic E-state index is -0.0372. The highest BCUT2D eigenvalue weighted by atomic mass is 32.1. The number of nitrogens with zero attached hydrogens (tertiary/aromatic N) is 3. The van der Waals surface area contributed by atoms with Crippen LogP contribution in [-0.4, -0.2) is 37.1 Å². The maximum absolute atomic E-state index is 9.46. The molecule has 110 valence electrons. The second-order valence-corrected chi connectivity index (χ2v) is 6.05. The summed E-state index contributed by atoms with van der Waals surface area (Å²) < 4.78 is 4.11. The molecule has 7 heteroatoms. The van der Waals surface area contributed by atoms with Gasteiger partial charge in [0.2, 0.25) is 0 Å². The van der Waals surface area contributed by atoms with Gasteiger partial charge in [0.15, 0.2) is 0 Å². The zero-order valence-corrected chi connectivity index (χ0v) is 12.7. The van der Waals surface area contributed by atoms with Crippen molar-refractivity contribution in [2.24, 2.45) is 5.92 Å². The van der Waals surface area contributed by atoms with Gasteiger partial charge in [0, 0.05) is 6.20 Å². The molecule has 1 atom stereocenters. The predicted octanol–water partition coefficient (Wildman–Crippen LogP) is 2.51. The number of aromatic nitrogens is 4. The van der Waals surface area contributed by atoms with Crippen molar-refractivity contribution >= 4 is 28.4 Å². The second-order valence-electron chi connectivity index (χ2n) is 5.22. The number of aliphatic hydroxyl groups is 1. The number of hydrogen-bond acceptors (Lipinski definition) is 6. The molecule has 0 aromatic carbocycles. The molecule has 0 fully saturated rings. The van der Waals surface area contributed by atoms with E-state index >= 15 is 0 Å². The van der Waals surface area contributed by atoms with E-state index in [0.717, 1.165) is 27.4 Å². The van der Waals surface area contributed by atoms with Crippen molar-refractivity contribution in [1.82, 2.24) is 19.3 Å². The summed E-state index contributed by atoms with van der Waals surface area (Å²) in [5, 5.41) is 13.7. The van der Waals surface area contributed by atoms with Gasteiger partial charge in [-0.25, -0.2) is 14.3 Å². The van der Waals surface area contributed by atoms with Crippen molar-refractivity contribution in [3.8, 4) is 10.6 Å². The third-order valence-electron chi connectivity index (χ3n) is 3.45. The first kappa shape index (κ1) is 14.0. The molecule has 0 bridgehead atoms. The lowest BCUT2D eigenvalue weighted by Crippen LogP contribution is -2.29. The summed E-state index contributed by atoms with van der Waals surface area (Å²) in [4.78, 5) is 12.9. The fourth-order valence-electron chi connectivity index (χ4n) is 2.14. The van der Waals surface area contributed by atoms with Gasteiger partial charge in [-0.05, 0) is 29.6 Å². The van der Waals surface area contributed by atoms with Gasteiger partial charge >= 0.3 is 0 Å². The topological polar surface area (TPSA) is 86.7 Å². The highest BCUT2D eigenvalue weighted by Crippen LogP contribution is 2.29. The molecule has 1 unspecified atom stereocenters. The van der Waals surface area contributed by atoms with Crippen molar-refractivity contribution < 1.29 is 5.11 Å². The zero-order valence-electron chi connectivity index (χ0n) is 11.9. The molecule has 3 aromatic heterocycles. The average Bonchev–Trinajstić information content (AvgIpc) is 3.12. The minimum Gasteiger partial charge on any atom is -0.394 e. The molecule has 21 heavy (non-hydrogen) atoms. The summed E-state index contributed by atoms with van der Waals surface area (Å²) in [5.41, 5.74) is 1.75. The van der Waals surface area contributed by atoms with Crippen LogP contribution in [0.2, 0.25) is 0 Å². The van der Waals surface area contributed by atoms with Crippen LogP contribution in [0.3, 0.4) is 0 Å². The summed E-state index contributed by atoms with van der Waals surface area (Å²) in [6, 6.07) is 3.94. The van der Waals surface area contributed by atoms with Crippen LogP contribution < -0.4 is 5.32 Å². The SMILES string of the molecule is CC(C)C(CO)Nc1ncnc2[nH]c(-c3ccns3)cc12. The normalized spacial score (nSPS) is 13.0. The third kappa shape index (κ3) is 2.74. The van der Waals surface area contributed by atoms with Gasteiger partial charge in [-0.1, -0.05) is 13.8 Å². The highest BCUT2D eigenvalue weighted by molar-refractivity contribution is 7.09. The summed E-state index contributed by atoms with van der Waals surface area (Å²) in [6.07, 6.45) is 3.29. The number of anilines is 1. The van der Waals surface area contributed by atoms with E-state index in [9.17, 15) is 5.11 Å². The van der Waals surface area contributed by atoms with Crippen LogP contribution in [0, 0.1) is 5.92 Å². The van der Waals surface area contributed by atoms with E-state index in [1.165, 1.54) is 17.9 Å². The molecule has 0 amide bonds. The zero-order chi connectivity index (χ0) is 14.8. The van der Waals surface area contributed by atoms with E-state index in [2.05, 4.69) is 38.5 Å². The van der Waals surface area contributed by atoms with Gasteiger partial charge in [0.25, 0.3) is 0 Å². The molecule has 0 spiro atoms. The summed E-state index contributed by atoms with van der Waals surface area (Å²) in [7, 11) is 0. The minimum absolute atomic E-state index is 0.0372. The number of H-pyrrole nitrogens is 1. The van der Waals surface area contributed by atoms with Gasteiger partial charge in [-0.3, -0.25) is 0 Å². The van der Waals surface area contributed by atoms with Crippen LogP contribution in [0.1, 0.15) is 13.8 Å². The molecular formula is C14H17N5OS. The Balaban J connectivity index is 2.00. The van der Waals surface area contributed by atoms with Crippen LogP contribution in [0.4, 0.5) is 5.82 Å². The summed E-state index contributed by atoms with van der Waals surface area (Å²) in [5.74, 6) is 1.04. The summed E-state index contributed by atoms with van der Waals surface area (Å²) >= 11 is 1.43. The molecule has 0 aliphatic heterocycles. The smallest absolute Gasteiger partial charge is 0.143 e. The van der Waals surface area contributed by atoms with Gasteiger partial charge in [0.1, 0.15) is 17.8 Å². The van der Waals surface area contributed by atoms with E-state index in [-0.39, 0.29) is 12.6 Å². The van der Waals surface area contributed by atoms with E-state index in [4.69, 9.17) is 0 Å². The first-order valence-electron chi connectivity index (χ1n) is 6.81. The quantitative estimate of drug-likeness (QED) is 0.674. The number of nitrogens with one attached hydrogen (secondary N) is 2. The second kappa shape index (κ2) is 5.79. The molecular weight excluding hydrogens is 286 g/mol. The standard InChI is InChI=1S/C14H17N5OS/c1-8(2)11(6-20)19-14-9-5-10(12-3-4-17-21-12)18-13(9)15-7-16-14/h3-5,7-8,11,20H,6H2,1-2H3,(H2,15,16,18,19). The third-order valence-corrected chi connectivity index (χ3v) is 4.23. The number of hydrogen-bond donors (Lipinski definition) is 3. The van der Waals surface area contributed by atoms with E-state index in [0.29, 0.717) is 5.92 Å². The molecule has 0 radical (unpaired) electrons. The largest absolute Gasteiger partial charge is 0.394 e. The summed E-state index contributed by atoms with van der Waals surface area (Å²) in [6.45, 7) is 4.19. The van der Waals surface area contributed by atoms with E-state index < -0.39 is 0 Å². The van der Waals surface area contributed by atoms with Gasteiger partial charge in [-0.2, -0.15) is 0 Å². The van der Waals surface area contributed by atoms with Gasteiger partial charge < -0.3 is 15.4 Å². The molecule has 0 aliphatic rings. The monoisotopic (exact) mass is 303 g/mol. The molecule has 3 heterocycles. The average molecular weight is 303 g/mol. The Bertz CT molecular complexity index is 722. The maximum Gasteiger partial charge on any atom is 0.143 e. The first-order chi connectivity index (χ1) is 10.2. The fourth-order valence-corrected chi connectivity index (χ4v) is 2.71. The Hall–Kier alpha value is -1.99. The molecule has 3 N–H and O–H groups in total. The molecule has 0 aliphatic carbocycles. The Morgan fingerprint density at radius 2 is 2.24 bits per heavy atom. The highest BCUT2D eigenvalue weighted by Gasteiger charge is 2.16. The predicted molar refractivity (Wildman–Crippen MR) is 84.3 cm³/mol. The Kier molecular flexibility index (Phi) is 3.85. The van der Waals surface area contributed by atoms with Crippen molar-refractivity contribution in [2.75, 3.05) is 11.9 Å². The first-order valence-corrected chi connectivity index (χ1v) is 7.58. The van der Waals surface area contributed by atoms with Crippen molar-refractivity contribution in [3.05, 3.63) is 24.7 Å². The Morgan fingerprint density at radius 1 is 1.38 bits per heavy atom. The van der Waals surface area contributed by atoms with Crippen LogP contribution in [-0.2, 0) is 0 Å². The lowest BCUT2D eigenvalue weighted by Gasteiger charge is -2.20. The fraction of sp³-hybridized carbons (Fsp3) is 0.357. The van der Waals surface area contributed by atoms with Crippen LogP contribution in [0.5, 0.6) is 0 Å². The van der Waals surface area contributed by atoms with Crippen LogP contribution in [0.15, 0.2) is 24.7 Å². The molecule has 3 rings (SSSR count). The number of fused-ring (bicyclic) bond motifs is 1. The van der Waals surface area contributed by atoms with Crippen molar-refractivity contribution in [1.29, 1.82) is 0 Å². The van der Waals surface area contributed by atoms with Crippen LogP contribution >= 0.6 is 11.5 Å². The van der Waals surface area contributed by atoms with E-state index in [1.54, 1.807) is 6.20 Å². The van der Waals surface area contributed by atoms with Crippen LogP contribution in [0.25, 0.3) is 21.6 Å². The van der Waals surface area contributed by atoms with E-state index in [1.807, 2.05) is 12.1 Å².